The third kappa shape index (κ3) is 3.10. The van der Waals surface area contributed by atoms with Gasteiger partial charge in [0.1, 0.15) is 0 Å². The molecule has 0 atom stereocenters. The number of hydrogen-bond donors (Lipinski definition) is 1. The maximum atomic E-state index is 3.19. The molecular weight excluding hydrogens is 242 g/mol. The third-order valence-electron chi connectivity index (χ3n) is 4.23. The van der Waals surface area contributed by atoms with E-state index in [1.54, 1.807) is 11.1 Å². The smallest absolute Gasteiger partial charge is 0.0202 e. The zero-order valence-corrected chi connectivity index (χ0v) is 12.3. The van der Waals surface area contributed by atoms with Crippen LogP contribution in [0.15, 0.2) is 42.5 Å². The molecule has 0 fully saturated rings. The number of benzene rings is 2. The Hall–Kier alpha value is -1.60. The number of nitrogens with one attached hydrogen (secondary N) is 1. The van der Waals surface area contributed by atoms with Gasteiger partial charge < -0.3 is 5.32 Å². The van der Waals surface area contributed by atoms with E-state index in [0.29, 0.717) is 0 Å². The van der Waals surface area contributed by atoms with E-state index in [9.17, 15) is 0 Å². The summed E-state index contributed by atoms with van der Waals surface area (Å²) in [4.78, 5) is 0. The van der Waals surface area contributed by atoms with Gasteiger partial charge in [-0.1, -0.05) is 42.5 Å². The highest BCUT2D eigenvalue weighted by Crippen LogP contribution is 2.23. The van der Waals surface area contributed by atoms with Crippen LogP contribution in [0.25, 0.3) is 0 Å². The van der Waals surface area contributed by atoms with E-state index in [1.165, 1.54) is 42.4 Å². The van der Waals surface area contributed by atoms with Crippen LogP contribution >= 0.6 is 0 Å². The summed E-state index contributed by atoms with van der Waals surface area (Å²) < 4.78 is 0. The van der Waals surface area contributed by atoms with Gasteiger partial charge in [-0.15, -0.1) is 0 Å². The molecule has 1 N–H and O–H groups in total. The van der Waals surface area contributed by atoms with Crippen molar-refractivity contribution in [2.24, 2.45) is 0 Å². The number of rotatable bonds is 4. The third-order valence-corrected chi connectivity index (χ3v) is 4.23. The van der Waals surface area contributed by atoms with Crippen LogP contribution in [0.3, 0.4) is 0 Å². The molecule has 0 unspecified atom stereocenters. The molecule has 0 spiro atoms. The summed E-state index contributed by atoms with van der Waals surface area (Å²) in [5.41, 5.74) is 7.36. The van der Waals surface area contributed by atoms with E-state index in [2.05, 4.69) is 47.8 Å². The van der Waals surface area contributed by atoms with Gasteiger partial charge in [0.25, 0.3) is 0 Å². The van der Waals surface area contributed by atoms with Crippen LogP contribution in [0.5, 0.6) is 0 Å². The Morgan fingerprint density at radius 3 is 2.20 bits per heavy atom. The van der Waals surface area contributed by atoms with Gasteiger partial charge in [-0.2, -0.15) is 0 Å². The van der Waals surface area contributed by atoms with Gasteiger partial charge in [0.05, 0.1) is 0 Å². The van der Waals surface area contributed by atoms with E-state index in [1.807, 2.05) is 7.05 Å². The molecule has 2 aromatic carbocycles. The van der Waals surface area contributed by atoms with Crippen LogP contribution in [0.1, 0.15) is 40.7 Å². The van der Waals surface area contributed by atoms with E-state index in [-0.39, 0.29) is 0 Å². The molecule has 0 aliphatic heterocycles. The summed E-state index contributed by atoms with van der Waals surface area (Å²) in [6, 6.07) is 16.0. The molecule has 20 heavy (non-hydrogen) atoms. The van der Waals surface area contributed by atoms with Crippen molar-refractivity contribution >= 4 is 0 Å². The van der Waals surface area contributed by atoms with Crippen molar-refractivity contribution in [1.82, 2.24) is 5.32 Å². The first-order valence-corrected chi connectivity index (χ1v) is 7.68. The minimum absolute atomic E-state index is 0.944. The van der Waals surface area contributed by atoms with E-state index in [4.69, 9.17) is 0 Å². The molecule has 1 heteroatoms. The zero-order valence-electron chi connectivity index (χ0n) is 12.3. The SMILES string of the molecule is CNCc1ccc(Cc2ccc3c(c2)CCCC3)cc1. The zero-order chi connectivity index (χ0) is 13.8. The monoisotopic (exact) mass is 265 g/mol. The average molecular weight is 265 g/mol. The standard InChI is InChI=1S/C19H23N/c1-20-14-16-8-6-15(7-9-16)12-17-10-11-18-4-2-3-5-19(18)13-17/h6-11,13,20H,2-5,12,14H2,1H3. The lowest BCUT2D eigenvalue weighted by Gasteiger charge is -2.16. The highest BCUT2D eigenvalue weighted by atomic mass is 14.8. The predicted octanol–water partition coefficient (Wildman–Crippen LogP) is 3.88. The molecule has 0 bridgehead atoms. The summed E-state index contributed by atoms with van der Waals surface area (Å²) in [7, 11) is 1.99. The first kappa shape index (κ1) is 13.4. The van der Waals surface area contributed by atoms with Crippen LogP contribution < -0.4 is 5.32 Å². The summed E-state index contributed by atoms with van der Waals surface area (Å²) in [5.74, 6) is 0. The molecule has 0 saturated carbocycles. The van der Waals surface area contributed by atoms with Crippen molar-refractivity contribution in [3.8, 4) is 0 Å². The van der Waals surface area contributed by atoms with E-state index in [0.717, 1.165) is 13.0 Å². The molecular formula is C19H23N. The van der Waals surface area contributed by atoms with Crippen molar-refractivity contribution in [1.29, 1.82) is 0 Å². The number of fused-ring (bicyclic) bond motifs is 1. The summed E-state index contributed by atoms with van der Waals surface area (Å²) >= 11 is 0. The highest BCUT2D eigenvalue weighted by molar-refractivity contribution is 5.36. The molecule has 104 valence electrons. The van der Waals surface area contributed by atoms with Gasteiger partial charge in [-0.25, -0.2) is 0 Å². The maximum absolute atomic E-state index is 3.19. The van der Waals surface area contributed by atoms with Crippen LogP contribution in [-0.4, -0.2) is 7.05 Å². The van der Waals surface area contributed by atoms with Crippen LogP contribution in [0, 0.1) is 0 Å². The molecule has 0 aromatic heterocycles. The Morgan fingerprint density at radius 1 is 0.800 bits per heavy atom. The molecule has 1 nitrogen and oxygen atoms in total. The van der Waals surface area contributed by atoms with Crippen molar-refractivity contribution in [2.45, 2.75) is 38.6 Å². The van der Waals surface area contributed by atoms with Crippen molar-refractivity contribution in [2.75, 3.05) is 7.05 Å². The first-order chi connectivity index (χ1) is 9.85. The molecule has 0 heterocycles. The van der Waals surface area contributed by atoms with Crippen LogP contribution in [0.4, 0.5) is 0 Å². The fourth-order valence-electron chi connectivity index (χ4n) is 3.11. The second-order valence-electron chi connectivity index (χ2n) is 5.83. The summed E-state index contributed by atoms with van der Waals surface area (Å²) in [6.07, 6.45) is 6.31. The summed E-state index contributed by atoms with van der Waals surface area (Å²) in [5, 5.41) is 3.19. The second kappa shape index (κ2) is 6.23. The largest absolute Gasteiger partial charge is 0.316 e. The number of aryl methyl sites for hydroxylation is 2. The Bertz CT molecular complexity index is 569. The first-order valence-electron chi connectivity index (χ1n) is 7.68. The van der Waals surface area contributed by atoms with Crippen LogP contribution in [-0.2, 0) is 25.8 Å². The molecule has 2 aromatic rings. The Morgan fingerprint density at radius 2 is 1.45 bits per heavy atom. The minimum atomic E-state index is 0.944. The Kier molecular flexibility index (Phi) is 4.17. The Labute approximate surface area is 122 Å². The molecule has 0 radical (unpaired) electrons. The van der Waals surface area contributed by atoms with Gasteiger partial charge in [0.15, 0.2) is 0 Å². The normalized spacial score (nSPS) is 14.1. The Balaban J connectivity index is 1.73. The number of hydrogen-bond acceptors (Lipinski definition) is 1. The quantitative estimate of drug-likeness (QED) is 0.884. The lowest BCUT2D eigenvalue weighted by molar-refractivity contribution is 0.684. The second-order valence-corrected chi connectivity index (χ2v) is 5.83. The topological polar surface area (TPSA) is 12.0 Å². The minimum Gasteiger partial charge on any atom is -0.316 e. The van der Waals surface area contributed by atoms with Crippen molar-refractivity contribution < 1.29 is 0 Å². The highest BCUT2D eigenvalue weighted by Gasteiger charge is 2.09. The fraction of sp³-hybridized carbons (Fsp3) is 0.368. The summed E-state index contributed by atoms with van der Waals surface area (Å²) in [6.45, 7) is 0.944. The van der Waals surface area contributed by atoms with Crippen LogP contribution in [0.2, 0.25) is 0 Å². The molecule has 1 aliphatic rings. The van der Waals surface area contributed by atoms with Gasteiger partial charge in [0.2, 0.25) is 0 Å². The van der Waals surface area contributed by atoms with Gasteiger partial charge in [-0.05, 0) is 67.0 Å². The van der Waals surface area contributed by atoms with E-state index < -0.39 is 0 Å². The van der Waals surface area contributed by atoms with Crippen molar-refractivity contribution in [3.05, 3.63) is 70.3 Å². The van der Waals surface area contributed by atoms with Gasteiger partial charge in [-0.3, -0.25) is 0 Å². The lowest BCUT2D eigenvalue weighted by Crippen LogP contribution is -2.05. The molecule has 3 rings (SSSR count). The average Bonchev–Trinajstić information content (AvgIpc) is 2.49. The lowest BCUT2D eigenvalue weighted by atomic mass is 9.89. The van der Waals surface area contributed by atoms with Gasteiger partial charge >= 0.3 is 0 Å². The molecule has 1 aliphatic carbocycles. The molecule has 0 saturated heterocycles. The predicted molar refractivity (Wildman–Crippen MR) is 85.1 cm³/mol. The van der Waals surface area contributed by atoms with E-state index >= 15 is 0 Å². The fourth-order valence-corrected chi connectivity index (χ4v) is 3.11. The van der Waals surface area contributed by atoms with Crippen molar-refractivity contribution in [3.63, 3.8) is 0 Å². The molecule has 0 amide bonds. The maximum Gasteiger partial charge on any atom is 0.0202 e. The van der Waals surface area contributed by atoms with Gasteiger partial charge in [0, 0.05) is 6.54 Å².